The molecule has 0 fully saturated rings. The van der Waals surface area contributed by atoms with E-state index in [2.05, 4.69) is 0 Å². The zero-order valence-corrected chi connectivity index (χ0v) is 11.7. The SMILES string of the molecule is Cc1cc(=O)c(CN2C(=O)c3ccccc3C2=O)c(C)o1. The van der Waals surface area contributed by atoms with Gasteiger partial charge in [0.15, 0.2) is 5.43 Å². The predicted molar refractivity (Wildman–Crippen MR) is 75.1 cm³/mol. The van der Waals surface area contributed by atoms with Gasteiger partial charge in [0.2, 0.25) is 0 Å². The van der Waals surface area contributed by atoms with Gasteiger partial charge in [0.25, 0.3) is 11.8 Å². The zero-order chi connectivity index (χ0) is 15.1. The smallest absolute Gasteiger partial charge is 0.261 e. The Morgan fingerprint density at radius 3 is 2.10 bits per heavy atom. The number of carbonyl (C=O) groups excluding carboxylic acids is 2. The van der Waals surface area contributed by atoms with Crippen LogP contribution in [0.5, 0.6) is 0 Å². The lowest BCUT2D eigenvalue weighted by atomic mass is 10.1. The molecule has 2 aromatic rings. The van der Waals surface area contributed by atoms with Gasteiger partial charge in [-0.3, -0.25) is 19.3 Å². The van der Waals surface area contributed by atoms with Crippen LogP contribution in [0.4, 0.5) is 0 Å². The molecule has 21 heavy (non-hydrogen) atoms. The Hall–Kier alpha value is -2.69. The maximum absolute atomic E-state index is 12.3. The summed E-state index contributed by atoms with van der Waals surface area (Å²) in [6.07, 6.45) is 0. The Morgan fingerprint density at radius 2 is 1.57 bits per heavy atom. The van der Waals surface area contributed by atoms with Crippen molar-refractivity contribution < 1.29 is 14.0 Å². The largest absolute Gasteiger partial charge is 0.466 e. The summed E-state index contributed by atoms with van der Waals surface area (Å²) >= 11 is 0. The standard InChI is InChI=1S/C16H13NO4/c1-9-7-14(18)13(10(2)21-9)8-17-15(19)11-5-3-4-6-12(11)16(17)20/h3-7H,8H2,1-2H3. The van der Waals surface area contributed by atoms with E-state index < -0.39 is 0 Å². The predicted octanol–water partition coefficient (Wildman–Crippen LogP) is 2.05. The van der Waals surface area contributed by atoms with Crippen molar-refractivity contribution in [2.45, 2.75) is 20.4 Å². The summed E-state index contributed by atoms with van der Waals surface area (Å²) in [7, 11) is 0. The minimum absolute atomic E-state index is 0.0687. The second-order valence-corrected chi connectivity index (χ2v) is 5.00. The van der Waals surface area contributed by atoms with Crippen molar-refractivity contribution in [2.24, 2.45) is 0 Å². The number of benzene rings is 1. The maximum Gasteiger partial charge on any atom is 0.261 e. The Bertz CT molecular complexity index is 784. The molecule has 0 saturated carbocycles. The van der Waals surface area contributed by atoms with E-state index in [9.17, 15) is 14.4 Å². The van der Waals surface area contributed by atoms with Gasteiger partial charge in [-0.1, -0.05) is 12.1 Å². The second-order valence-electron chi connectivity index (χ2n) is 5.00. The summed E-state index contributed by atoms with van der Waals surface area (Å²) in [4.78, 5) is 37.7. The molecule has 2 heterocycles. The van der Waals surface area contributed by atoms with Gasteiger partial charge in [0.05, 0.1) is 23.2 Å². The molecule has 1 aromatic heterocycles. The number of imide groups is 1. The molecule has 0 bridgehead atoms. The van der Waals surface area contributed by atoms with Crippen molar-refractivity contribution in [3.63, 3.8) is 0 Å². The highest BCUT2D eigenvalue weighted by Crippen LogP contribution is 2.24. The summed E-state index contributed by atoms with van der Waals surface area (Å²) in [6.45, 7) is 3.27. The van der Waals surface area contributed by atoms with Crippen LogP contribution in [0.15, 0.2) is 39.5 Å². The minimum atomic E-state index is -0.380. The first-order chi connectivity index (χ1) is 9.99. The third kappa shape index (κ3) is 2.07. The number of nitrogens with zero attached hydrogens (tertiary/aromatic N) is 1. The molecule has 1 aliphatic heterocycles. The quantitative estimate of drug-likeness (QED) is 0.791. The lowest BCUT2D eigenvalue weighted by Gasteiger charge is -2.14. The summed E-state index contributed by atoms with van der Waals surface area (Å²) in [5.41, 5.74) is 0.844. The van der Waals surface area contributed by atoms with Gasteiger partial charge in [-0.25, -0.2) is 0 Å². The van der Waals surface area contributed by atoms with Crippen LogP contribution in [0.25, 0.3) is 0 Å². The Balaban J connectivity index is 2.00. The van der Waals surface area contributed by atoms with Gasteiger partial charge >= 0.3 is 0 Å². The van der Waals surface area contributed by atoms with E-state index in [-0.39, 0.29) is 23.8 Å². The summed E-state index contributed by atoms with van der Waals surface area (Å²) < 4.78 is 5.40. The zero-order valence-electron chi connectivity index (χ0n) is 11.7. The van der Waals surface area contributed by atoms with Crippen molar-refractivity contribution in [3.8, 4) is 0 Å². The third-order valence-corrected chi connectivity index (χ3v) is 3.57. The van der Waals surface area contributed by atoms with E-state index in [0.717, 1.165) is 4.90 Å². The summed E-state index contributed by atoms with van der Waals surface area (Å²) in [5, 5.41) is 0. The molecule has 106 valence electrons. The number of aryl methyl sites for hydroxylation is 2. The molecule has 2 amide bonds. The highest BCUT2D eigenvalue weighted by atomic mass is 16.3. The van der Waals surface area contributed by atoms with E-state index in [4.69, 9.17) is 4.42 Å². The van der Waals surface area contributed by atoms with Crippen molar-refractivity contribution in [3.05, 3.63) is 68.8 Å². The molecule has 0 radical (unpaired) electrons. The van der Waals surface area contributed by atoms with Crippen molar-refractivity contribution in [2.75, 3.05) is 0 Å². The first-order valence-electron chi connectivity index (χ1n) is 6.54. The molecule has 0 unspecified atom stereocenters. The Morgan fingerprint density at radius 1 is 1.00 bits per heavy atom. The molecule has 0 aliphatic carbocycles. The molecule has 0 N–H and O–H groups in total. The number of amides is 2. The topological polar surface area (TPSA) is 67.6 Å². The number of carbonyl (C=O) groups is 2. The lowest BCUT2D eigenvalue weighted by Crippen LogP contribution is -2.31. The Labute approximate surface area is 120 Å². The summed E-state index contributed by atoms with van der Waals surface area (Å²) in [6, 6.07) is 8.00. The van der Waals surface area contributed by atoms with Crippen LogP contribution in [-0.4, -0.2) is 16.7 Å². The van der Waals surface area contributed by atoms with Crippen LogP contribution in [0.3, 0.4) is 0 Å². The van der Waals surface area contributed by atoms with Gasteiger partial charge in [-0.05, 0) is 26.0 Å². The van der Waals surface area contributed by atoms with Crippen molar-refractivity contribution in [1.29, 1.82) is 0 Å². The molecular weight excluding hydrogens is 270 g/mol. The van der Waals surface area contributed by atoms with Gasteiger partial charge in [0.1, 0.15) is 11.5 Å². The molecule has 0 spiro atoms. The first-order valence-corrected chi connectivity index (χ1v) is 6.54. The molecule has 3 rings (SSSR count). The normalized spacial score (nSPS) is 13.7. The average molecular weight is 283 g/mol. The molecule has 1 aliphatic rings. The highest BCUT2D eigenvalue weighted by Gasteiger charge is 2.35. The van der Waals surface area contributed by atoms with Crippen molar-refractivity contribution >= 4 is 11.8 Å². The van der Waals surface area contributed by atoms with Gasteiger partial charge < -0.3 is 4.42 Å². The van der Waals surface area contributed by atoms with Crippen LogP contribution < -0.4 is 5.43 Å². The monoisotopic (exact) mass is 283 g/mol. The van der Waals surface area contributed by atoms with Crippen LogP contribution in [0, 0.1) is 13.8 Å². The maximum atomic E-state index is 12.3. The number of fused-ring (bicyclic) bond motifs is 1. The van der Waals surface area contributed by atoms with Gasteiger partial charge in [-0.15, -0.1) is 0 Å². The van der Waals surface area contributed by atoms with Crippen molar-refractivity contribution in [1.82, 2.24) is 4.90 Å². The number of hydrogen-bond donors (Lipinski definition) is 0. The Kier molecular flexibility index (Phi) is 2.97. The molecule has 0 saturated heterocycles. The first kappa shape index (κ1) is 13.3. The summed E-state index contributed by atoms with van der Waals surface area (Å²) in [5.74, 6) is 0.171. The van der Waals surface area contributed by atoms with E-state index in [0.29, 0.717) is 28.2 Å². The molecule has 5 nitrogen and oxygen atoms in total. The van der Waals surface area contributed by atoms with E-state index in [1.807, 2.05) is 0 Å². The molecular formula is C16H13NO4. The second kappa shape index (κ2) is 4.70. The van der Waals surface area contributed by atoms with E-state index >= 15 is 0 Å². The molecule has 1 aromatic carbocycles. The third-order valence-electron chi connectivity index (χ3n) is 3.57. The average Bonchev–Trinajstić information content (AvgIpc) is 2.67. The van der Waals surface area contributed by atoms with Crippen LogP contribution in [0.2, 0.25) is 0 Å². The lowest BCUT2D eigenvalue weighted by molar-refractivity contribution is 0.0641. The molecule has 5 heteroatoms. The fraction of sp³-hybridized carbons (Fsp3) is 0.188. The number of rotatable bonds is 2. The highest BCUT2D eigenvalue weighted by molar-refractivity contribution is 6.21. The number of hydrogen-bond acceptors (Lipinski definition) is 4. The molecule has 0 atom stereocenters. The van der Waals surface area contributed by atoms with E-state index in [1.54, 1.807) is 38.1 Å². The van der Waals surface area contributed by atoms with E-state index in [1.165, 1.54) is 6.07 Å². The van der Waals surface area contributed by atoms with Crippen LogP contribution in [0.1, 0.15) is 37.8 Å². The minimum Gasteiger partial charge on any atom is -0.466 e. The fourth-order valence-corrected chi connectivity index (χ4v) is 2.51. The fourth-order valence-electron chi connectivity index (χ4n) is 2.51. The van der Waals surface area contributed by atoms with Gasteiger partial charge in [0, 0.05) is 6.07 Å². The van der Waals surface area contributed by atoms with Gasteiger partial charge in [-0.2, -0.15) is 0 Å². The van der Waals surface area contributed by atoms with Crippen LogP contribution in [-0.2, 0) is 6.54 Å². The van der Waals surface area contributed by atoms with Crippen LogP contribution >= 0.6 is 0 Å².